The highest BCUT2D eigenvalue weighted by molar-refractivity contribution is 5.39. The van der Waals surface area contributed by atoms with Gasteiger partial charge in [0.2, 0.25) is 0 Å². The summed E-state index contributed by atoms with van der Waals surface area (Å²) in [6.07, 6.45) is 26.5. The first-order valence-electron chi connectivity index (χ1n) is 20.1. The molecule has 0 fully saturated rings. The van der Waals surface area contributed by atoms with Crippen molar-refractivity contribution in [1.29, 1.82) is 0 Å². The van der Waals surface area contributed by atoms with E-state index in [0.29, 0.717) is 24.7 Å². The van der Waals surface area contributed by atoms with Crippen LogP contribution in [0.1, 0.15) is 159 Å². The van der Waals surface area contributed by atoms with Crippen molar-refractivity contribution in [2.24, 2.45) is 0 Å². The van der Waals surface area contributed by atoms with Crippen molar-refractivity contribution in [1.82, 2.24) is 0 Å². The van der Waals surface area contributed by atoms with Crippen LogP contribution in [0.4, 0.5) is 0 Å². The third-order valence-corrected chi connectivity index (χ3v) is 9.31. The molecule has 0 amide bonds. The van der Waals surface area contributed by atoms with Crippen LogP contribution in [-0.2, 0) is 19.8 Å². The van der Waals surface area contributed by atoms with E-state index in [1.807, 2.05) is 66.7 Å². The molecule has 3 aromatic carbocycles. The van der Waals surface area contributed by atoms with Gasteiger partial charge >= 0.3 is 0 Å². The number of benzene rings is 3. The molecule has 278 valence electrons. The Labute approximate surface area is 305 Å². The Morgan fingerprint density at radius 1 is 0.360 bits per heavy atom. The molecule has 0 aliphatic rings. The van der Waals surface area contributed by atoms with Crippen molar-refractivity contribution >= 4 is 0 Å². The smallest absolute Gasteiger partial charge is 0.123 e. The number of hydrogen-bond acceptors (Lipinski definition) is 5. The third kappa shape index (κ3) is 19.3. The van der Waals surface area contributed by atoms with E-state index in [1.54, 1.807) is 0 Å². The third-order valence-electron chi connectivity index (χ3n) is 9.31. The number of ether oxygens (including phenoxy) is 4. The fourth-order valence-electron chi connectivity index (χ4n) is 6.14. The lowest BCUT2D eigenvalue weighted by atomic mass is 10.1. The van der Waals surface area contributed by atoms with Gasteiger partial charge in [0.15, 0.2) is 0 Å². The van der Waals surface area contributed by atoms with Crippen LogP contribution in [0, 0.1) is 0 Å². The molecule has 0 spiro atoms. The molecule has 0 heterocycles. The molecule has 0 aromatic heterocycles. The fraction of sp³-hybridized carbons (Fsp3) is 0.600. The molecule has 0 saturated heterocycles. The predicted molar refractivity (Wildman–Crippen MR) is 209 cm³/mol. The average molecular weight is 689 g/mol. The molecular formula is C45H68O5. The molecule has 0 saturated carbocycles. The summed E-state index contributed by atoms with van der Waals surface area (Å²) >= 11 is 0. The summed E-state index contributed by atoms with van der Waals surface area (Å²) in [7, 11) is 0. The second kappa shape index (κ2) is 27.5. The summed E-state index contributed by atoms with van der Waals surface area (Å²) in [6, 6.07) is 21.9. The van der Waals surface area contributed by atoms with Crippen molar-refractivity contribution in [3.05, 3.63) is 83.4 Å². The van der Waals surface area contributed by atoms with Gasteiger partial charge in [-0.15, -0.1) is 0 Å². The molecular weight excluding hydrogens is 620 g/mol. The van der Waals surface area contributed by atoms with E-state index < -0.39 is 0 Å². The maximum Gasteiger partial charge on any atom is 0.123 e. The SMILES string of the molecule is CCCCCCCCCCCCOc1ccc(COc2cc(CO)cc(OCc3ccc(OCCCCCCCCCCCC)cc3)c2)cc1. The number of unbranched alkanes of at least 4 members (excludes halogenated alkanes) is 18. The average Bonchev–Trinajstić information content (AvgIpc) is 3.15. The summed E-state index contributed by atoms with van der Waals surface area (Å²) in [6.45, 7) is 6.84. The maximum absolute atomic E-state index is 9.84. The van der Waals surface area contributed by atoms with E-state index in [0.717, 1.165) is 54.2 Å². The lowest BCUT2D eigenvalue weighted by molar-refractivity contribution is 0.270. The summed E-state index contributed by atoms with van der Waals surface area (Å²) in [5.41, 5.74) is 2.87. The minimum Gasteiger partial charge on any atom is -0.494 e. The Bertz CT molecular complexity index is 1130. The van der Waals surface area contributed by atoms with Crippen LogP contribution in [0.3, 0.4) is 0 Å². The largest absolute Gasteiger partial charge is 0.494 e. The summed E-state index contributed by atoms with van der Waals surface area (Å²) < 4.78 is 24.1. The topological polar surface area (TPSA) is 57.2 Å². The Balaban J connectivity index is 1.29. The van der Waals surface area contributed by atoms with E-state index in [9.17, 15) is 5.11 Å². The van der Waals surface area contributed by atoms with Gasteiger partial charge in [-0.05, 0) is 65.9 Å². The molecule has 0 radical (unpaired) electrons. The summed E-state index contributed by atoms with van der Waals surface area (Å²) in [4.78, 5) is 0. The highest BCUT2D eigenvalue weighted by Crippen LogP contribution is 2.26. The van der Waals surface area contributed by atoms with Crippen molar-refractivity contribution in [2.45, 2.75) is 162 Å². The van der Waals surface area contributed by atoms with Gasteiger partial charge in [-0.3, -0.25) is 0 Å². The molecule has 5 nitrogen and oxygen atoms in total. The molecule has 50 heavy (non-hydrogen) atoms. The van der Waals surface area contributed by atoms with Gasteiger partial charge in [0.1, 0.15) is 36.2 Å². The van der Waals surface area contributed by atoms with Gasteiger partial charge in [-0.1, -0.05) is 154 Å². The van der Waals surface area contributed by atoms with E-state index in [1.165, 1.54) is 116 Å². The van der Waals surface area contributed by atoms with Gasteiger partial charge in [0, 0.05) is 6.07 Å². The standard InChI is InChI=1S/C45H68O5/c1-3-5-7-9-11-13-15-17-19-21-31-47-42-27-23-39(24-28-42)37-49-44-33-41(36-46)34-45(35-44)50-38-40-25-29-43(30-26-40)48-32-22-20-18-16-14-12-10-8-6-4-2/h23-30,33-35,46H,3-22,31-32,36-38H2,1-2H3. The van der Waals surface area contributed by atoms with Crippen LogP contribution in [-0.4, -0.2) is 18.3 Å². The van der Waals surface area contributed by atoms with Crippen molar-refractivity contribution in [3.8, 4) is 23.0 Å². The molecule has 3 rings (SSSR count). The van der Waals surface area contributed by atoms with Crippen LogP contribution < -0.4 is 18.9 Å². The summed E-state index contributed by atoms with van der Waals surface area (Å²) in [5, 5.41) is 9.84. The van der Waals surface area contributed by atoms with Gasteiger partial charge in [0.05, 0.1) is 19.8 Å². The van der Waals surface area contributed by atoms with Crippen LogP contribution in [0.15, 0.2) is 66.7 Å². The van der Waals surface area contributed by atoms with E-state index in [-0.39, 0.29) is 6.61 Å². The van der Waals surface area contributed by atoms with E-state index in [2.05, 4.69) is 13.8 Å². The van der Waals surface area contributed by atoms with Gasteiger partial charge in [-0.25, -0.2) is 0 Å². The lowest BCUT2D eigenvalue weighted by Crippen LogP contribution is -2.01. The first-order valence-corrected chi connectivity index (χ1v) is 20.1. The first-order chi connectivity index (χ1) is 24.7. The molecule has 1 N–H and O–H groups in total. The minimum absolute atomic E-state index is 0.0796. The first kappa shape index (κ1) is 41.2. The molecule has 3 aromatic rings. The Hall–Kier alpha value is -3.18. The zero-order chi connectivity index (χ0) is 35.3. The van der Waals surface area contributed by atoms with Crippen LogP contribution in [0.5, 0.6) is 23.0 Å². The second-order valence-electron chi connectivity index (χ2n) is 13.9. The maximum atomic E-state index is 9.84. The number of hydrogen-bond donors (Lipinski definition) is 1. The number of aliphatic hydroxyl groups is 1. The van der Waals surface area contributed by atoms with Crippen molar-refractivity contribution < 1.29 is 24.1 Å². The highest BCUT2D eigenvalue weighted by atomic mass is 16.5. The number of aliphatic hydroxyl groups excluding tert-OH is 1. The van der Waals surface area contributed by atoms with Crippen molar-refractivity contribution in [2.75, 3.05) is 13.2 Å². The minimum atomic E-state index is -0.0796. The highest BCUT2D eigenvalue weighted by Gasteiger charge is 2.06. The molecule has 0 unspecified atom stereocenters. The van der Waals surface area contributed by atoms with Crippen LogP contribution >= 0.6 is 0 Å². The molecule has 0 atom stereocenters. The molecule has 0 aliphatic heterocycles. The Morgan fingerprint density at radius 3 is 1.04 bits per heavy atom. The van der Waals surface area contributed by atoms with E-state index in [4.69, 9.17) is 18.9 Å². The monoisotopic (exact) mass is 689 g/mol. The predicted octanol–water partition coefficient (Wildman–Crippen LogP) is 12.9. The normalized spacial score (nSPS) is 11.1. The quantitative estimate of drug-likeness (QED) is 0.0682. The van der Waals surface area contributed by atoms with Crippen LogP contribution in [0.2, 0.25) is 0 Å². The zero-order valence-electron chi connectivity index (χ0n) is 31.6. The second-order valence-corrected chi connectivity index (χ2v) is 13.9. The Morgan fingerprint density at radius 2 is 0.700 bits per heavy atom. The van der Waals surface area contributed by atoms with Crippen molar-refractivity contribution in [3.63, 3.8) is 0 Å². The van der Waals surface area contributed by atoms with Crippen LogP contribution in [0.25, 0.3) is 0 Å². The van der Waals surface area contributed by atoms with E-state index >= 15 is 0 Å². The zero-order valence-corrected chi connectivity index (χ0v) is 31.6. The van der Waals surface area contributed by atoms with Gasteiger partial charge in [-0.2, -0.15) is 0 Å². The number of rotatable bonds is 31. The van der Waals surface area contributed by atoms with Gasteiger partial charge in [0.25, 0.3) is 0 Å². The van der Waals surface area contributed by atoms with Gasteiger partial charge < -0.3 is 24.1 Å². The lowest BCUT2D eigenvalue weighted by Gasteiger charge is -2.13. The Kier molecular flexibility index (Phi) is 22.7. The summed E-state index contributed by atoms with van der Waals surface area (Å²) in [5.74, 6) is 3.14. The molecule has 0 aliphatic carbocycles. The molecule has 5 heteroatoms. The molecule has 0 bridgehead atoms. The fourth-order valence-corrected chi connectivity index (χ4v) is 6.14.